The van der Waals surface area contributed by atoms with E-state index in [0.29, 0.717) is 6.61 Å². The lowest BCUT2D eigenvalue weighted by atomic mass is 10.3. The lowest BCUT2D eigenvalue weighted by molar-refractivity contribution is -0.140. The average Bonchev–Trinajstić information content (AvgIpc) is 2.03. The Morgan fingerprint density at radius 1 is 1.50 bits per heavy atom. The summed E-state index contributed by atoms with van der Waals surface area (Å²) in [7, 11) is 3.48. The van der Waals surface area contributed by atoms with Crippen LogP contribution in [0.3, 0.4) is 0 Å². The molecule has 0 bridgehead atoms. The van der Waals surface area contributed by atoms with Crippen LogP contribution in [0.2, 0.25) is 0 Å². The molecule has 0 aliphatic heterocycles. The van der Waals surface area contributed by atoms with Gasteiger partial charge in [0.1, 0.15) is 6.10 Å². The molecule has 1 amide bonds. The van der Waals surface area contributed by atoms with Crippen molar-refractivity contribution in [2.24, 2.45) is 0 Å². The van der Waals surface area contributed by atoms with E-state index in [9.17, 15) is 4.79 Å². The molecular weight excluding hydrogens is 154 g/mol. The smallest absolute Gasteiger partial charge is 0.250 e. The molecular formula is C9H19NO2. The monoisotopic (exact) mass is 173 g/mol. The van der Waals surface area contributed by atoms with Crippen molar-refractivity contribution < 1.29 is 9.53 Å². The van der Waals surface area contributed by atoms with Crippen LogP contribution in [0.25, 0.3) is 0 Å². The van der Waals surface area contributed by atoms with E-state index in [1.54, 1.807) is 25.9 Å². The predicted octanol–water partition coefficient (Wildman–Crippen LogP) is 1.28. The van der Waals surface area contributed by atoms with Crippen LogP contribution in [-0.4, -0.2) is 37.6 Å². The summed E-state index contributed by atoms with van der Waals surface area (Å²) < 4.78 is 5.31. The summed E-state index contributed by atoms with van der Waals surface area (Å²) in [5, 5.41) is 0. The highest BCUT2D eigenvalue weighted by Crippen LogP contribution is 1.97. The largest absolute Gasteiger partial charge is 0.369 e. The minimum absolute atomic E-state index is 0.0334. The van der Waals surface area contributed by atoms with Gasteiger partial charge in [0.05, 0.1) is 0 Å². The Morgan fingerprint density at radius 3 is 2.50 bits per heavy atom. The first kappa shape index (κ1) is 11.4. The molecule has 0 heterocycles. The quantitative estimate of drug-likeness (QED) is 0.586. The molecule has 12 heavy (non-hydrogen) atoms. The van der Waals surface area contributed by atoms with Gasteiger partial charge in [0.2, 0.25) is 0 Å². The van der Waals surface area contributed by atoms with Gasteiger partial charge in [0.25, 0.3) is 5.91 Å². The predicted molar refractivity (Wildman–Crippen MR) is 49.0 cm³/mol. The zero-order valence-corrected chi connectivity index (χ0v) is 8.46. The van der Waals surface area contributed by atoms with Crippen LogP contribution in [0.15, 0.2) is 0 Å². The molecule has 0 aromatic rings. The van der Waals surface area contributed by atoms with Crippen molar-refractivity contribution in [2.45, 2.75) is 32.8 Å². The number of rotatable bonds is 5. The lowest BCUT2D eigenvalue weighted by Gasteiger charge is -2.16. The third kappa shape index (κ3) is 4.34. The molecule has 1 atom stereocenters. The molecule has 0 aliphatic carbocycles. The Balaban J connectivity index is 3.57. The zero-order valence-electron chi connectivity index (χ0n) is 8.46. The van der Waals surface area contributed by atoms with Crippen molar-refractivity contribution in [3.63, 3.8) is 0 Å². The summed E-state index contributed by atoms with van der Waals surface area (Å²) in [6.45, 7) is 4.57. The molecule has 72 valence electrons. The molecule has 0 spiro atoms. The van der Waals surface area contributed by atoms with Gasteiger partial charge in [0.15, 0.2) is 0 Å². The first-order valence-electron chi connectivity index (χ1n) is 4.42. The molecule has 0 aromatic carbocycles. The molecule has 0 aliphatic rings. The van der Waals surface area contributed by atoms with Crippen molar-refractivity contribution >= 4 is 5.91 Å². The molecule has 0 N–H and O–H groups in total. The number of unbranched alkanes of at least 4 members (excludes halogenated alkanes) is 1. The fraction of sp³-hybridized carbons (Fsp3) is 0.889. The average molecular weight is 173 g/mol. The second kappa shape index (κ2) is 6.00. The topological polar surface area (TPSA) is 29.5 Å². The Labute approximate surface area is 74.7 Å². The number of hydrogen-bond donors (Lipinski definition) is 0. The van der Waals surface area contributed by atoms with Gasteiger partial charge in [-0.25, -0.2) is 0 Å². The first-order valence-corrected chi connectivity index (χ1v) is 4.42. The highest BCUT2D eigenvalue weighted by Gasteiger charge is 2.14. The Morgan fingerprint density at radius 2 is 2.08 bits per heavy atom. The molecule has 0 radical (unpaired) electrons. The van der Waals surface area contributed by atoms with Crippen LogP contribution in [0, 0.1) is 0 Å². The second-order valence-electron chi connectivity index (χ2n) is 3.10. The van der Waals surface area contributed by atoms with Gasteiger partial charge in [-0.1, -0.05) is 13.3 Å². The molecule has 1 unspecified atom stereocenters. The van der Waals surface area contributed by atoms with Crippen LogP contribution in [0.4, 0.5) is 0 Å². The minimum atomic E-state index is -0.299. The molecule has 0 saturated heterocycles. The fourth-order valence-electron chi connectivity index (χ4n) is 0.839. The van der Waals surface area contributed by atoms with Crippen LogP contribution >= 0.6 is 0 Å². The van der Waals surface area contributed by atoms with Gasteiger partial charge in [0, 0.05) is 20.7 Å². The SMILES string of the molecule is CCCCOC(C)C(=O)N(C)C. The van der Waals surface area contributed by atoms with E-state index in [1.165, 1.54) is 0 Å². The third-order valence-electron chi connectivity index (χ3n) is 1.65. The van der Waals surface area contributed by atoms with Gasteiger partial charge >= 0.3 is 0 Å². The van der Waals surface area contributed by atoms with Gasteiger partial charge in [-0.15, -0.1) is 0 Å². The van der Waals surface area contributed by atoms with Crippen LogP contribution in [0.5, 0.6) is 0 Å². The molecule has 0 rings (SSSR count). The van der Waals surface area contributed by atoms with Crippen LogP contribution < -0.4 is 0 Å². The Kier molecular flexibility index (Phi) is 5.72. The number of ether oxygens (including phenoxy) is 1. The fourth-order valence-corrected chi connectivity index (χ4v) is 0.839. The van der Waals surface area contributed by atoms with E-state index in [-0.39, 0.29) is 12.0 Å². The van der Waals surface area contributed by atoms with Crippen LogP contribution in [-0.2, 0) is 9.53 Å². The summed E-state index contributed by atoms with van der Waals surface area (Å²) in [6, 6.07) is 0. The number of carbonyl (C=O) groups excluding carboxylic acids is 1. The maximum atomic E-state index is 11.2. The van der Waals surface area contributed by atoms with E-state index in [0.717, 1.165) is 12.8 Å². The second-order valence-corrected chi connectivity index (χ2v) is 3.10. The minimum Gasteiger partial charge on any atom is -0.369 e. The van der Waals surface area contributed by atoms with Crippen molar-refractivity contribution in [3.8, 4) is 0 Å². The summed E-state index contributed by atoms with van der Waals surface area (Å²) >= 11 is 0. The maximum absolute atomic E-state index is 11.2. The molecule has 0 aromatic heterocycles. The van der Waals surface area contributed by atoms with Crippen molar-refractivity contribution in [3.05, 3.63) is 0 Å². The van der Waals surface area contributed by atoms with E-state index >= 15 is 0 Å². The van der Waals surface area contributed by atoms with E-state index in [2.05, 4.69) is 6.92 Å². The molecule has 0 fully saturated rings. The third-order valence-corrected chi connectivity index (χ3v) is 1.65. The highest BCUT2D eigenvalue weighted by atomic mass is 16.5. The van der Waals surface area contributed by atoms with Gasteiger partial charge in [-0.3, -0.25) is 4.79 Å². The molecule has 0 saturated carbocycles. The maximum Gasteiger partial charge on any atom is 0.250 e. The first-order chi connectivity index (χ1) is 5.59. The molecule has 3 nitrogen and oxygen atoms in total. The number of likely N-dealkylation sites (N-methyl/N-ethyl adjacent to an activating group) is 1. The lowest BCUT2D eigenvalue weighted by Crippen LogP contribution is -2.33. The van der Waals surface area contributed by atoms with Crippen LogP contribution in [0.1, 0.15) is 26.7 Å². The van der Waals surface area contributed by atoms with Gasteiger partial charge in [-0.2, -0.15) is 0 Å². The Hall–Kier alpha value is -0.570. The van der Waals surface area contributed by atoms with Crippen molar-refractivity contribution in [2.75, 3.05) is 20.7 Å². The van der Waals surface area contributed by atoms with Crippen molar-refractivity contribution in [1.29, 1.82) is 0 Å². The van der Waals surface area contributed by atoms with Crippen molar-refractivity contribution in [1.82, 2.24) is 4.90 Å². The summed E-state index contributed by atoms with van der Waals surface area (Å²) in [4.78, 5) is 12.8. The molecule has 3 heteroatoms. The number of carbonyl (C=O) groups is 1. The number of nitrogens with zero attached hydrogens (tertiary/aromatic N) is 1. The highest BCUT2D eigenvalue weighted by molar-refractivity contribution is 5.79. The Bertz CT molecular complexity index is 134. The van der Waals surface area contributed by atoms with E-state index < -0.39 is 0 Å². The van der Waals surface area contributed by atoms with E-state index in [4.69, 9.17) is 4.74 Å². The number of hydrogen-bond acceptors (Lipinski definition) is 2. The summed E-state index contributed by atoms with van der Waals surface area (Å²) in [5.41, 5.74) is 0. The standard InChI is InChI=1S/C9H19NO2/c1-5-6-7-12-8(2)9(11)10(3)4/h8H,5-7H2,1-4H3. The van der Waals surface area contributed by atoms with E-state index in [1.807, 2.05) is 0 Å². The van der Waals surface area contributed by atoms with Gasteiger partial charge in [-0.05, 0) is 13.3 Å². The summed E-state index contributed by atoms with van der Waals surface area (Å²) in [5.74, 6) is 0.0334. The normalized spacial score (nSPS) is 12.7. The summed E-state index contributed by atoms with van der Waals surface area (Å²) in [6.07, 6.45) is 1.82. The zero-order chi connectivity index (χ0) is 9.56. The van der Waals surface area contributed by atoms with Gasteiger partial charge < -0.3 is 9.64 Å². The number of amides is 1.